The lowest BCUT2D eigenvalue weighted by atomic mass is 10.1. The van der Waals surface area contributed by atoms with Crippen LogP contribution < -0.4 is 16.4 Å². The van der Waals surface area contributed by atoms with E-state index in [0.29, 0.717) is 21.8 Å². The van der Waals surface area contributed by atoms with Crippen LogP contribution in [0.4, 0.5) is 0 Å². The average Bonchev–Trinajstić information content (AvgIpc) is 3.08. The van der Waals surface area contributed by atoms with Crippen molar-refractivity contribution in [2.24, 2.45) is 5.92 Å². The molecule has 0 aliphatic heterocycles. The summed E-state index contributed by atoms with van der Waals surface area (Å²) in [5, 5.41) is 5.05. The highest BCUT2D eigenvalue weighted by atomic mass is 79.9. The molecule has 0 unspecified atom stereocenters. The summed E-state index contributed by atoms with van der Waals surface area (Å²) in [4.78, 5) is 40.0. The Hall–Kier alpha value is -2.94. The number of benzene rings is 1. The van der Waals surface area contributed by atoms with Crippen molar-refractivity contribution < 1.29 is 9.59 Å². The number of aromatic nitrogens is 3. The second-order valence-electron chi connectivity index (χ2n) is 6.42. The number of nitrogens with one attached hydrogen (secondary N) is 3. The first-order chi connectivity index (χ1) is 12.9. The van der Waals surface area contributed by atoms with Gasteiger partial charge < -0.3 is 4.98 Å². The molecule has 27 heavy (non-hydrogen) atoms. The summed E-state index contributed by atoms with van der Waals surface area (Å²) in [5.41, 5.74) is 4.78. The molecule has 3 N–H and O–H groups in total. The molecule has 0 aliphatic carbocycles. The van der Waals surface area contributed by atoms with E-state index >= 15 is 0 Å². The largest absolute Gasteiger partial charge is 0.356 e. The Kier molecular flexibility index (Phi) is 5.41. The maximum Gasteiger partial charge on any atom is 0.290 e. The highest BCUT2D eigenvalue weighted by Gasteiger charge is 2.18. The summed E-state index contributed by atoms with van der Waals surface area (Å²) < 4.78 is 2.00. The van der Waals surface area contributed by atoms with Gasteiger partial charge in [-0.3, -0.25) is 25.2 Å². The molecule has 140 valence electrons. The molecule has 2 amide bonds. The molecular weight excluding hydrogens is 414 g/mol. The molecule has 0 aliphatic rings. The quantitative estimate of drug-likeness (QED) is 0.550. The Morgan fingerprint density at radius 1 is 1.19 bits per heavy atom. The number of hydrazine groups is 1. The topological polar surface area (TPSA) is 109 Å². The van der Waals surface area contributed by atoms with Crippen molar-refractivity contribution in [2.75, 3.05) is 0 Å². The van der Waals surface area contributed by atoms with E-state index in [1.165, 1.54) is 4.68 Å². The van der Waals surface area contributed by atoms with E-state index in [9.17, 15) is 14.4 Å². The molecule has 0 saturated heterocycles. The molecule has 0 bridgehead atoms. The van der Waals surface area contributed by atoms with Crippen LogP contribution in [0.2, 0.25) is 0 Å². The van der Waals surface area contributed by atoms with E-state index in [4.69, 9.17) is 0 Å². The van der Waals surface area contributed by atoms with Crippen molar-refractivity contribution >= 4 is 38.5 Å². The molecule has 2 aromatic heterocycles. The number of hydrogen-bond acceptors (Lipinski definition) is 4. The number of nitrogens with zero attached hydrogens (tertiary/aromatic N) is 2. The van der Waals surface area contributed by atoms with Crippen molar-refractivity contribution in [1.29, 1.82) is 0 Å². The van der Waals surface area contributed by atoms with Gasteiger partial charge in [-0.1, -0.05) is 32.0 Å². The SMILES string of the molecule is CC(C)Cn1nc(C(=O)NNC(=O)c2cc(Br)c[nH]2)c2ccccc2c1=O. The fourth-order valence-corrected chi connectivity index (χ4v) is 2.95. The summed E-state index contributed by atoms with van der Waals surface area (Å²) in [5.74, 6) is -0.935. The van der Waals surface area contributed by atoms with Gasteiger partial charge in [-0.2, -0.15) is 5.10 Å². The van der Waals surface area contributed by atoms with Crippen LogP contribution in [0, 0.1) is 5.92 Å². The lowest BCUT2D eigenvalue weighted by Crippen LogP contribution is -2.43. The standard InChI is InChI=1S/C18H18BrN5O3/c1-10(2)9-24-18(27)13-6-4-3-5-12(13)15(23-24)17(26)22-21-16(25)14-7-11(19)8-20-14/h3-8,10,20H,9H2,1-2H3,(H,21,25)(H,22,26). The van der Waals surface area contributed by atoms with Crippen LogP contribution in [0.25, 0.3) is 10.8 Å². The van der Waals surface area contributed by atoms with Crippen molar-refractivity contribution in [1.82, 2.24) is 25.6 Å². The summed E-state index contributed by atoms with van der Waals surface area (Å²) in [7, 11) is 0. The van der Waals surface area contributed by atoms with E-state index in [1.54, 1.807) is 36.5 Å². The van der Waals surface area contributed by atoms with Gasteiger partial charge in [0.15, 0.2) is 5.69 Å². The zero-order chi connectivity index (χ0) is 19.6. The minimum Gasteiger partial charge on any atom is -0.356 e. The maximum atomic E-state index is 12.6. The van der Waals surface area contributed by atoms with Gasteiger partial charge in [0.2, 0.25) is 0 Å². The molecule has 3 rings (SSSR count). The van der Waals surface area contributed by atoms with Gasteiger partial charge in [0.25, 0.3) is 17.4 Å². The Morgan fingerprint density at radius 3 is 2.48 bits per heavy atom. The highest BCUT2D eigenvalue weighted by molar-refractivity contribution is 9.10. The molecule has 8 nitrogen and oxygen atoms in total. The van der Waals surface area contributed by atoms with E-state index in [2.05, 4.69) is 36.9 Å². The third-order valence-corrected chi connectivity index (χ3v) is 4.26. The summed E-state index contributed by atoms with van der Waals surface area (Å²) >= 11 is 3.24. The zero-order valence-corrected chi connectivity index (χ0v) is 16.3. The Morgan fingerprint density at radius 2 is 1.85 bits per heavy atom. The van der Waals surface area contributed by atoms with Crippen LogP contribution in [0.15, 0.2) is 45.8 Å². The second-order valence-corrected chi connectivity index (χ2v) is 7.33. The summed E-state index contributed by atoms with van der Waals surface area (Å²) in [6, 6.07) is 8.35. The van der Waals surface area contributed by atoms with E-state index in [1.807, 2.05) is 13.8 Å². The van der Waals surface area contributed by atoms with Crippen molar-refractivity contribution in [3.8, 4) is 0 Å². The van der Waals surface area contributed by atoms with Crippen molar-refractivity contribution in [3.05, 3.63) is 62.7 Å². The third-order valence-electron chi connectivity index (χ3n) is 3.80. The molecule has 0 spiro atoms. The van der Waals surface area contributed by atoms with Crippen LogP contribution in [-0.4, -0.2) is 26.6 Å². The van der Waals surface area contributed by atoms with Gasteiger partial charge in [0, 0.05) is 22.6 Å². The van der Waals surface area contributed by atoms with E-state index in [-0.39, 0.29) is 22.9 Å². The predicted molar refractivity (Wildman–Crippen MR) is 104 cm³/mol. The Balaban J connectivity index is 1.90. The lowest BCUT2D eigenvalue weighted by molar-refractivity contribution is 0.0841. The number of carbonyl (C=O) groups is 2. The third kappa shape index (κ3) is 4.08. The number of carbonyl (C=O) groups excluding carboxylic acids is 2. The number of fused-ring (bicyclic) bond motifs is 1. The van der Waals surface area contributed by atoms with E-state index in [0.717, 1.165) is 0 Å². The first kappa shape index (κ1) is 18.8. The zero-order valence-electron chi connectivity index (χ0n) is 14.7. The average molecular weight is 432 g/mol. The number of aromatic amines is 1. The highest BCUT2D eigenvalue weighted by Crippen LogP contribution is 2.14. The summed E-state index contributed by atoms with van der Waals surface area (Å²) in [6.07, 6.45) is 1.60. The van der Waals surface area contributed by atoms with E-state index < -0.39 is 11.8 Å². The number of halogens is 1. The summed E-state index contributed by atoms with van der Waals surface area (Å²) in [6.45, 7) is 4.29. The number of hydrogen-bond donors (Lipinski definition) is 3. The van der Waals surface area contributed by atoms with Gasteiger partial charge in [-0.25, -0.2) is 4.68 Å². The van der Waals surface area contributed by atoms with Crippen LogP contribution in [-0.2, 0) is 6.54 Å². The number of amides is 2. The Labute approximate surface area is 163 Å². The maximum absolute atomic E-state index is 12.6. The lowest BCUT2D eigenvalue weighted by Gasteiger charge is -2.13. The van der Waals surface area contributed by atoms with Crippen LogP contribution >= 0.6 is 15.9 Å². The fraction of sp³-hybridized carbons (Fsp3) is 0.222. The fourth-order valence-electron chi connectivity index (χ4n) is 2.61. The molecule has 0 atom stereocenters. The van der Waals surface area contributed by atoms with Gasteiger partial charge in [0.05, 0.1) is 5.39 Å². The Bertz CT molecular complexity index is 1070. The molecule has 0 radical (unpaired) electrons. The monoisotopic (exact) mass is 431 g/mol. The van der Waals surface area contributed by atoms with Gasteiger partial charge in [0.1, 0.15) is 5.69 Å². The first-order valence-electron chi connectivity index (χ1n) is 8.31. The molecule has 3 aromatic rings. The molecule has 1 aromatic carbocycles. The number of rotatable bonds is 4. The van der Waals surface area contributed by atoms with Crippen LogP contribution in [0.1, 0.15) is 34.8 Å². The van der Waals surface area contributed by atoms with Crippen molar-refractivity contribution in [2.45, 2.75) is 20.4 Å². The van der Waals surface area contributed by atoms with Crippen molar-refractivity contribution in [3.63, 3.8) is 0 Å². The van der Waals surface area contributed by atoms with Gasteiger partial charge in [-0.05, 0) is 34.0 Å². The predicted octanol–water partition coefficient (Wildman–Crippen LogP) is 2.22. The molecule has 0 saturated carbocycles. The normalized spacial score (nSPS) is 11.0. The van der Waals surface area contributed by atoms with Crippen LogP contribution in [0.3, 0.4) is 0 Å². The second kappa shape index (κ2) is 7.75. The van der Waals surface area contributed by atoms with Gasteiger partial charge in [-0.15, -0.1) is 0 Å². The first-order valence-corrected chi connectivity index (χ1v) is 9.10. The van der Waals surface area contributed by atoms with Gasteiger partial charge >= 0.3 is 0 Å². The van der Waals surface area contributed by atoms with Crippen LogP contribution in [0.5, 0.6) is 0 Å². The molecular formula is C18H18BrN5O3. The minimum atomic E-state index is -0.609. The minimum absolute atomic E-state index is 0.0683. The molecule has 2 heterocycles. The smallest absolute Gasteiger partial charge is 0.290 e. The molecule has 0 fully saturated rings. The number of H-pyrrole nitrogens is 1. The molecule has 9 heteroatoms.